The van der Waals surface area contributed by atoms with Gasteiger partial charge in [-0.3, -0.25) is 0 Å². The highest BCUT2D eigenvalue weighted by Crippen LogP contribution is 2.24. The molecule has 86 valence electrons. The molecule has 2 aromatic heterocycles. The first-order chi connectivity index (χ1) is 8.38. The Bertz CT molecular complexity index is 631. The highest BCUT2D eigenvalue weighted by atomic mass is 32.1. The van der Waals surface area contributed by atoms with Crippen LogP contribution in [0.15, 0.2) is 30.3 Å². The Morgan fingerprint density at radius 2 is 2.06 bits per heavy atom. The smallest absolute Gasteiger partial charge is 0.235 e. The third kappa shape index (κ3) is 1.81. The number of rotatable bonds is 3. The summed E-state index contributed by atoms with van der Waals surface area (Å²) in [5.41, 5.74) is 1.09. The predicted octanol–water partition coefficient (Wildman–Crippen LogP) is 2.00. The minimum Gasteiger partial charge on any atom is -0.377 e. The van der Waals surface area contributed by atoms with Gasteiger partial charge in [0.2, 0.25) is 4.96 Å². The van der Waals surface area contributed by atoms with Gasteiger partial charge in [-0.1, -0.05) is 41.7 Å². The number of ether oxygens (including phenoxy) is 1. The van der Waals surface area contributed by atoms with Gasteiger partial charge in [0, 0.05) is 12.7 Å². The molecule has 0 fully saturated rings. The second-order valence-corrected chi connectivity index (χ2v) is 4.47. The van der Waals surface area contributed by atoms with Gasteiger partial charge in [-0.2, -0.15) is 9.61 Å². The summed E-state index contributed by atoms with van der Waals surface area (Å²) in [7, 11) is 1.63. The van der Waals surface area contributed by atoms with E-state index < -0.39 is 0 Å². The summed E-state index contributed by atoms with van der Waals surface area (Å²) in [6.45, 7) is 0.416. The zero-order valence-corrected chi connectivity index (χ0v) is 10.0. The van der Waals surface area contributed by atoms with Crippen molar-refractivity contribution in [1.82, 2.24) is 19.8 Å². The van der Waals surface area contributed by atoms with Crippen LogP contribution in [-0.2, 0) is 11.3 Å². The molecule has 0 unspecified atom stereocenters. The van der Waals surface area contributed by atoms with Crippen LogP contribution in [0, 0.1) is 0 Å². The Hall–Kier alpha value is -1.79. The number of methoxy groups -OCH3 is 1. The Balaban J connectivity index is 2.08. The molecule has 0 aliphatic rings. The summed E-state index contributed by atoms with van der Waals surface area (Å²) < 4.78 is 6.78. The van der Waals surface area contributed by atoms with E-state index in [-0.39, 0.29) is 0 Å². The lowest BCUT2D eigenvalue weighted by atomic mass is 10.2. The molecule has 0 radical (unpaired) electrons. The van der Waals surface area contributed by atoms with Gasteiger partial charge in [0.25, 0.3) is 0 Å². The normalized spacial score (nSPS) is 11.1. The molecule has 1 aromatic carbocycles. The van der Waals surface area contributed by atoms with Crippen molar-refractivity contribution in [2.24, 2.45) is 0 Å². The number of hydrogen-bond donors (Lipinski definition) is 0. The summed E-state index contributed by atoms with van der Waals surface area (Å²) in [6, 6.07) is 10.0. The lowest BCUT2D eigenvalue weighted by molar-refractivity contribution is 0.176. The van der Waals surface area contributed by atoms with Crippen LogP contribution < -0.4 is 0 Å². The monoisotopic (exact) mass is 246 g/mol. The summed E-state index contributed by atoms with van der Waals surface area (Å²) >= 11 is 1.52. The molecule has 0 aliphatic carbocycles. The molecule has 0 saturated heterocycles. The maximum atomic E-state index is 5.05. The lowest BCUT2D eigenvalue weighted by Gasteiger charge is -1.94. The fourth-order valence-electron chi connectivity index (χ4n) is 1.57. The number of fused-ring (bicyclic) bond motifs is 1. The minimum atomic E-state index is 0.416. The van der Waals surface area contributed by atoms with Crippen molar-refractivity contribution in [3.63, 3.8) is 0 Å². The Labute approximate surface area is 102 Å². The zero-order chi connectivity index (χ0) is 11.7. The fourth-order valence-corrected chi connectivity index (χ4v) is 2.44. The molecule has 6 heteroatoms. The Morgan fingerprint density at radius 3 is 2.82 bits per heavy atom. The quantitative estimate of drug-likeness (QED) is 0.709. The van der Waals surface area contributed by atoms with E-state index in [1.54, 1.807) is 11.6 Å². The summed E-state index contributed by atoms with van der Waals surface area (Å²) in [6.07, 6.45) is 0. The first-order valence-electron chi connectivity index (χ1n) is 5.14. The number of aromatic nitrogens is 4. The molecule has 0 spiro atoms. The standard InChI is InChI=1S/C11H10N4OS/c1-16-7-9-12-13-11-15(9)14-10(17-11)8-5-3-2-4-6-8/h2-6H,7H2,1H3. The van der Waals surface area contributed by atoms with E-state index in [0.717, 1.165) is 21.4 Å². The van der Waals surface area contributed by atoms with Crippen molar-refractivity contribution in [1.29, 1.82) is 0 Å². The molecule has 17 heavy (non-hydrogen) atoms. The molecule has 0 amide bonds. The van der Waals surface area contributed by atoms with Gasteiger partial charge >= 0.3 is 0 Å². The van der Waals surface area contributed by atoms with Gasteiger partial charge in [0.05, 0.1) is 0 Å². The van der Waals surface area contributed by atoms with Crippen LogP contribution in [0.1, 0.15) is 5.82 Å². The predicted molar refractivity (Wildman–Crippen MR) is 64.8 cm³/mol. The van der Waals surface area contributed by atoms with Gasteiger partial charge < -0.3 is 4.74 Å². The molecule has 0 N–H and O–H groups in total. The van der Waals surface area contributed by atoms with Gasteiger partial charge in [-0.25, -0.2) is 0 Å². The van der Waals surface area contributed by atoms with Crippen molar-refractivity contribution < 1.29 is 4.74 Å². The van der Waals surface area contributed by atoms with Crippen LogP contribution in [-0.4, -0.2) is 26.9 Å². The average molecular weight is 246 g/mol. The molecule has 3 rings (SSSR count). The Kier molecular flexibility index (Phi) is 2.58. The molecule has 5 nitrogen and oxygen atoms in total. The number of hydrogen-bond acceptors (Lipinski definition) is 5. The van der Waals surface area contributed by atoms with Gasteiger partial charge in [-0.05, 0) is 0 Å². The molecule has 2 heterocycles. The summed E-state index contributed by atoms with van der Waals surface area (Å²) in [5, 5.41) is 13.5. The maximum absolute atomic E-state index is 5.05. The van der Waals surface area contributed by atoms with Crippen LogP contribution in [0.5, 0.6) is 0 Å². The summed E-state index contributed by atoms with van der Waals surface area (Å²) in [4.78, 5) is 0.788. The molecule has 0 aliphatic heterocycles. The highest BCUT2D eigenvalue weighted by Gasteiger charge is 2.12. The first kappa shape index (κ1) is 10.4. The van der Waals surface area contributed by atoms with E-state index in [1.165, 1.54) is 11.3 Å². The van der Waals surface area contributed by atoms with Gasteiger partial charge in [0.1, 0.15) is 11.6 Å². The third-order valence-electron chi connectivity index (χ3n) is 2.35. The van der Waals surface area contributed by atoms with E-state index in [9.17, 15) is 0 Å². The van der Waals surface area contributed by atoms with Gasteiger partial charge in [0.15, 0.2) is 5.82 Å². The minimum absolute atomic E-state index is 0.416. The van der Waals surface area contributed by atoms with Crippen molar-refractivity contribution in [2.45, 2.75) is 6.61 Å². The van der Waals surface area contributed by atoms with Crippen LogP contribution in [0.3, 0.4) is 0 Å². The van der Waals surface area contributed by atoms with Crippen molar-refractivity contribution in [2.75, 3.05) is 7.11 Å². The van der Waals surface area contributed by atoms with E-state index in [0.29, 0.717) is 6.61 Å². The zero-order valence-electron chi connectivity index (χ0n) is 9.20. The van der Waals surface area contributed by atoms with Crippen LogP contribution >= 0.6 is 11.3 Å². The van der Waals surface area contributed by atoms with E-state index in [4.69, 9.17) is 4.74 Å². The van der Waals surface area contributed by atoms with Crippen LogP contribution in [0.4, 0.5) is 0 Å². The Morgan fingerprint density at radius 1 is 1.24 bits per heavy atom. The molecule has 0 saturated carbocycles. The number of benzene rings is 1. The van der Waals surface area contributed by atoms with Crippen molar-refractivity contribution in [3.8, 4) is 10.6 Å². The van der Waals surface area contributed by atoms with Crippen molar-refractivity contribution >= 4 is 16.3 Å². The number of nitrogens with zero attached hydrogens (tertiary/aromatic N) is 4. The van der Waals surface area contributed by atoms with Gasteiger partial charge in [-0.15, -0.1) is 10.2 Å². The molecule has 3 aromatic rings. The largest absolute Gasteiger partial charge is 0.377 e. The second kappa shape index (κ2) is 4.23. The van der Waals surface area contributed by atoms with E-state index in [1.807, 2.05) is 30.3 Å². The maximum Gasteiger partial charge on any atom is 0.235 e. The van der Waals surface area contributed by atoms with E-state index >= 15 is 0 Å². The second-order valence-electron chi connectivity index (χ2n) is 3.52. The third-order valence-corrected chi connectivity index (χ3v) is 3.30. The van der Waals surface area contributed by atoms with Crippen LogP contribution in [0.25, 0.3) is 15.5 Å². The molecular formula is C11H10N4OS. The van der Waals surface area contributed by atoms with Crippen molar-refractivity contribution in [3.05, 3.63) is 36.2 Å². The van der Waals surface area contributed by atoms with E-state index in [2.05, 4.69) is 15.3 Å². The topological polar surface area (TPSA) is 52.3 Å². The average Bonchev–Trinajstić information content (AvgIpc) is 2.93. The summed E-state index contributed by atoms with van der Waals surface area (Å²) in [5.74, 6) is 0.723. The molecular weight excluding hydrogens is 236 g/mol. The first-order valence-corrected chi connectivity index (χ1v) is 5.95. The molecule has 0 atom stereocenters. The molecule has 0 bridgehead atoms. The lowest BCUT2D eigenvalue weighted by Crippen LogP contribution is -1.97. The van der Waals surface area contributed by atoms with Crippen LogP contribution in [0.2, 0.25) is 0 Å². The SMILES string of the molecule is COCc1nnc2sc(-c3ccccc3)nn12. The highest BCUT2D eigenvalue weighted by molar-refractivity contribution is 7.19. The fraction of sp³-hybridized carbons (Fsp3) is 0.182.